The molecule has 0 unspecified atom stereocenters. The Bertz CT molecular complexity index is 880. The first-order valence-corrected chi connectivity index (χ1v) is 7.78. The van der Waals surface area contributed by atoms with Crippen molar-refractivity contribution in [1.29, 1.82) is 0 Å². The highest BCUT2D eigenvalue weighted by molar-refractivity contribution is 5.90. The van der Waals surface area contributed by atoms with Crippen LogP contribution >= 0.6 is 0 Å². The van der Waals surface area contributed by atoms with Crippen LogP contribution < -0.4 is 16.6 Å². The lowest BCUT2D eigenvalue weighted by Gasteiger charge is -2.17. The smallest absolute Gasteiger partial charge is 0.321 e. The fourth-order valence-electron chi connectivity index (χ4n) is 2.77. The van der Waals surface area contributed by atoms with Gasteiger partial charge in [0, 0.05) is 31.4 Å². The van der Waals surface area contributed by atoms with Gasteiger partial charge in [0.1, 0.15) is 5.82 Å². The highest BCUT2D eigenvalue weighted by Gasteiger charge is 2.29. The average molecular weight is 344 g/mol. The van der Waals surface area contributed by atoms with Crippen LogP contribution in [-0.2, 0) is 4.79 Å². The van der Waals surface area contributed by atoms with Gasteiger partial charge in [-0.25, -0.2) is 9.18 Å². The molecule has 2 aromatic rings. The van der Waals surface area contributed by atoms with Crippen molar-refractivity contribution in [1.82, 2.24) is 9.47 Å². The topological polar surface area (TPSA) is 97.4 Å². The molecule has 3 amide bonds. The number of aromatic nitrogens is 1. The predicted octanol–water partition coefficient (Wildman–Crippen LogP) is 1.32. The third-order valence-corrected chi connectivity index (χ3v) is 4.17. The van der Waals surface area contributed by atoms with E-state index in [0.29, 0.717) is 18.7 Å². The molecule has 0 aliphatic carbocycles. The van der Waals surface area contributed by atoms with Crippen molar-refractivity contribution >= 4 is 17.6 Å². The molecule has 25 heavy (non-hydrogen) atoms. The summed E-state index contributed by atoms with van der Waals surface area (Å²) in [4.78, 5) is 36.5. The van der Waals surface area contributed by atoms with Gasteiger partial charge in [-0.3, -0.25) is 14.2 Å². The first-order valence-electron chi connectivity index (χ1n) is 7.78. The van der Waals surface area contributed by atoms with Gasteiger partial charge in [0.2, 0.25) is 5.91 Å². The lowest BCUT2D eigenvalue weighted by atomic mass is 10.1. The zero-order chi connectivity index (χ0) is 18.0. The molecule has 0 spiro atoms. The van der Waals surface area contributed by atoms with Gasteiger partial charge in [-0.2, -0.15) is 0 Å². The molecule has 0 saturated carbocycles. The van der Waals surface area contributed by atoms with Crippen molar-refractivity contribution in [3.8, 4) is 5.69 Å². The van der Waals surface area contributed by atoms with Crippen LogP contribution in [0.15, 0.2) is 47.4 Å². The predicted molar refractivity (Wildman–Crippen MR) is 89.9 cm³/mol. The highest BCUT2D eigenvalue weighted by Crippen LogP contribution is 2.20. The van der Waals surface area contributed by atoms with E-state index >= 15 is 0 Å². The molecule has 1 saturated heterocycles. The molecule has 1 aromatic heterocycles. The molecular formula is C17H17FN4O3. The number of carbonyl (C=O) groups excluding carboxylic acids is 2. The molecule has 8 heteroatoms. The van der Waals surface area contributed by atoms with Crippen molar-refractivity contribution in [2.45, 2.75) is 6.42 Å². The zero-order valence-electron chi connectivity index (χ0n) is 13.3. The SMILES string of the molecule is NC(=O)[C@@H]1CCN(C(=O)Nc2ccc(-n3ccccc3=O)cc2F)C1. The summed E-state index contributed by atoms with van der Waals surface area (Å²) in [6.07, 6.45) is 2.03. The summed E-state index contributed by atoms with van der Waals surface area (Å²) in [5, 5.41) is 2.48. The maximum absolute atomic E-state index is 14.3. The van der Waals surface area contributed by atoms with E-state index in [-0.39, 0.29) is 23.7 Å². The van der Waals surface area contributed by atoms with Gasteiger partial charge in [0.25, 0.3) is 5.56 Å². The number of anilines is 1. The quantitative estimate of drug-likeness (QED) is 0.878. The maximum atomic E-state index is 14.3. The molecule has 2 heterocycles. The van der Waals surface area contributed by atoms with Crippen LogP contribution in [0.2, 0.25) is 0 Å². The Labute approximate surface area is 142 Å². The maximum Gasteiger partial charge on any atom is 0.321 e. The fraction of sp³-hybridized carbons (Fsp3) is 0.235. The summed E-state index contributed by atoms with van der Waals surface area (Å²) in [6.45, 7) is 0.610. The number of benzene rings is 1. The van der Waals surface area contributed by atoms with Gasteiger partial charge in [0.15, 0.2) is 0 Å². The summed E-state index contributed by atoms with van der Waals surface area (Å²) >= 11 is 0. The van der Waals surface area contributed by atoms with Crippen LogP contribution in [0.3, 0.4) is 0 Å². The van der Waals surface area contributed by atoms with Crippen LogP contribution in [-0.4, -0.2) is 34.5 Å². The van der Waals surface area contributed by atoms with Crippen LogP contribution in [0, 0.1) is 11.7 Å². The Hall–Kier alpha value is -3.16. The molecular weight excluding hydrogens is 327 g/mol. The van der Waals surface area contributed by atoms with Crippen molar-refractivity contribution in [2.75, 3.05) is 18.4 Å². The Kier molecular flexibility index (Phi) is 4.51. The normalized spacial score (nSPS) is 16.7. The van der Waals surface area contributed by atoms with Gasteiger partial charge >= 0.3 is 6.03 Å². The standard InChI is InChI=1S/C17H17FN4O3/c18-13-9-12(22-7-2-1-3-15(22)23)4-5-14(13)20-17(25)21-8-6-11(10-21)16(19)24/h1-5,7,9,11H,6,8,10H2,(H2,19,24)(H,20,25)/t11-/m1/s1. The van der Waals surface area contributed by atoms with Crippen LogP contribution in [0.25, 0.3) is 5.69 Å². The van der Waals surface area contributed by atoms with E-state index in [1.165, 1.54) is 39.9 Å². The molecule has 3 N–H and O–H groups in total. The number of pyridine rings is 1. The number of hydrogen-bond donors (Lipinski definition) is 2. The zero-order valence-corrected chi connectivity index (χ0v) is 13.3. The molecule has 1 atom stereocenters. The number of amides is 3. The van der Waals surface area contributed by atoms with E-state index in [1.807, 2.05) is 0 Å². The van der Waals surface area contributed by atoms with Crippen molar-refractivity contribution in [2.24, 2.45) is 11.7 Å². The second-order valence-corrected chi connectivity index (χ2v) is 5.84. The minimum absolute atomic E-state index is 0.000236. The van der Waals surface area contributed by atoms with Crippen molar-refractivity contribution in [3.63, 3.8) is 0 Å². The lowest BCUT2D eigenvalue weighted by Crippen LogP contribution is -2.35. The number of hydrogen-bond acceptors (Lipinski definition) is 3. The van der Waals surface area contributed by atoms with Gasteiger partial charge in [-0.15, -0.1) is 0 Å². The Morgan fingerprint density at radius 2 is 2.04 bits per heavy atom. The number of rotatable bonds is 3. The summed E-state index contributed by atoms with van der Waals surface area (Å²) in [5.41, 5.74) is 5.31. The molecule has 1 fully saturated rings. The summed E-state index contributed by atoms with van der Waals surface area (Å²) in [5.74, 6) is -1.48. The third kappa shape index (κ3) is 3.52. The average Bonchev–Trinajstić information content (AvgIpc) is 3.07. The molecule has 3 rings (SSSR count). The second-order valence-electron chi connectivity index (χ2n) is 5.84. The molecule has 0 radical (unpaired) electrons. The van der Waals surface area contributed by atoms with Crippen LogP contribution in [0.5, 0.6) is 0 Å². The minimum atomic E-state index is -0.660. The number of halogens is 1. The number of urea groups is 1. The van der Waals surface area contributed by atoms with Gasteiger partial charge in [-0.05, 0) is 24.6 Å². The number of likely N-dealkylation sites (tertiary alicyclic amines) is 1. The van der Waals surface area contributed by atoms with E-state index in [9.17, 15) is 18.8 Å². The monoisotopic (exact) mass is 344 g/mol. The van der Waals surface area contributed by atoms with E-state index in [0.717, 1.165) is 0 Å². The second kappa shape index (κ2) is 6.76. The minimum Gasteiger partial charge on any atom is -0.369 e. The van der Waals surface area contributed by atoms with E-state index in [2.05, 4.69) is 5.32 Å². The van der Waals surface area contributed by atoms with E-state index < -0.39 is 17.8 Å². The number of nitrogens with zero attached hydrogens (tertiary/aromatic N) is 2. The Balaban J connectivity index is 1.74. The summed E-state index contributed by atoms with van der Waals surface area (Å²) in [6, 6.07) is 8.24. The molecule has 1 aliphatic heterocycles. The Morgan fingerprint density at radius 3 is 2.68 bits per heavy atom. The van der Waals surface area contributed by atoms with Gasteiger partial charge < -0.3 is 16.0 Å². The molecule has 7 nitrogen and oxygen atoms in total. The van der Waals surface area contributed by atoms with Crippen molar-refractivity contribution in [3.05, 3.63) is 58.8 Å². The van der Waals surface area contributed by atoms with E-state index in [4.69, 9.17) is 5.73 Å². The van der Waals surface area contributed by atoms with Crippen molar-refractivity contribution < 1.29 is 14.0 Å². The molecule has 130 valence electrons. The van der Waals surface area contributed by atoms with Crippen LogP contribution in [0.4, 0.5) is 14.9 Å². The summed E-state index contributed by atoms with van der Waals surface area (Å²) < 4.78 is 15.6. The first-order chi connectivity index (χ1) is 12.0. The van der Waals surface area contributed by atoms with Crippen LogP contribution in [0.1, 0.15) is 6.42 Å². The number of primary amides is 1. The molecule has 1 aromatic carbocycles. The number of carbonyl (C=O) groups is 2. The summed E-state index contributed by atoms with van der Waals surface area (Å²) in [7, 11) is 0. The first kappa shape index (κ1) is 16.7. The number of nitrogens with two attached hydrogens (primary N) is 1. The highest BCUT2D eigenvalue weighted by atomic mass is 19.1. The van der Waals surface area contributed by atoms with E-state index in [1.54, 1.807) is 12.1 Å². The lowest BCUT2D eigenvalue weighted by molar-refractivity contribution is -0.121. The Morgan fingerprint density at radius 1 is 1.24 bits per heavy atom. The third-order valence-electron chi connectivity index (χ3n) is 4.17. The van der Waals surface area contributed by atoms with Gasteiger partial charge in [-0.1, -0.05) is 6.07 Å². The fourth-order valence-corrected chi connectivity index (χ4v) is 2.77. The largest absolute Gasteiger partial charge is 0.369 e. The molecule has 0 bridgehead atoms. The molecule has 1 aliphatic rings. The number of nitrogens with one attached hydrogen (secondary N) is 1. The van der Waals surface area contributed by atoms with Gasteiger partial charge in [0.05, 0.1) is 17.3 Å².